The highest BCUT2D eigenvalue weighted by Gasteiger charge is 2.34. The van der Waals surface area contributed by atoms with Gasteiger partial charge in [0.1, 0.15) is 23.0 Å². The standard InChI is InChI=1S/C23H32O2.C16H18O2/c1-21(2,3)19-13-15(24)9-11-17(19)23(7,8)18-12-10-16(25)14-20(18)22(4,5)6;1-11(2)16(12-3-7-14(17)8-4-12)13-5-9-15(18)10-6-13/h9-14,24-25H,1-8H3;3-11,16-18H,1-2H3. The molecule has 0 radical (unpaired) electrons. The quantitative estimate of drug-likeness (QED) is 0.189. The van der Waals surface area contributed by atoms with Crippen LogP contribution in [0.2, 0.25) is 0 Å². The lowest BCUT2D eigenvalue weighted by Gasteiger charge is -2.37. The molecule has 4 heteroatoms. The fourth-order valence-corrected chi connectivity index (χ4v) is 5.87. The first kappa shape index (κ1) is 33.6. The number of hydrogen-bond donors (Lipinski definition) is 4. The third-order valence-corrected chi connectivity index (χ3v) is 8.14. The normalized spacial score (nSPS) is 12.3. The molecule has 230 valence electrons. The van der Waals surface area contributed by atoms with Crippen LogP contribution in [-0.4, -0.2) is 20.4 Å². The van der Waals surface area contributed by atoms with Crippen molar-refractivity contribution in [1.82, 2.24) is 0 Å². The highest BCUT2D eigenvalue weighted by molar-refractivity contribution is 5.52. The van der Waals surface area contributed by atoms with Crippen molar-refractivity contribution in [3.8, 4) is 23.0 Å². The Morgan fingerprint density at radius 3 is 1.00 bits per heavy atom. The van der Waals surface area contributed by atoms with Crippen LogP contribution in [0.5, 0.6) is 23.0 Å². The second kappa shape index (κ2) is 12.8. The molecule has 4 aromatic rings. The van der Waals surface area contributed by atoms with Crippen LogP contribution < -0.4 is 0 Å². The van der Waals surface area contributed by atoms with Crippen LogP contribution in [0.1, 0.15) is 109 Å². The molecule has 0 aromatic heterocycles. The van der Waals surface area contributed by atoms with E-state index in [1.54, 1.807) is 36.4 Å². The van der Waals surface area contributed by atoms with E-state index in [-0.39, 0.29) is 33.7 Å². The lowest BCUT2D eigenvalue weighted by Crippen LogP contribution is -2.29. The molecule has 4 N–H and O–H groups in total. The topological polar surface area (TPSA) is 80.9 Å². The van der Waals surface area contributed by atoms with Gasteiger partial charge in [-0.15, -0.1) is 0 Å². The molecule has 0 saturated heterocycles. The Labute approximate surface area is 258 Å². The van der Waals surface area contributed by atoms with Crippen molar-refractivity contribution >= 4 is 0 Å². The van der Waals surface area contributed by atoms with Gasteiger partial charge in [-0.05, 0) is 98.7 Å². The lowest BCUT2D eigenvalue weighted by molar-refractivity contribution is 0.463. The van der Waals surface area contributed by atoms with E-state index in [0.29, 0.717) is 17.4 Å². The summed E-state index contributed by atoms with van der Waals surface area (Å²) >= 11 is 0. The molecule has 4 nitrogen and oxygen atoms in total. The maximum Gasteiger partial charge on any atom is 0.115 e. The zero-order valence-corrected chi connectivity index (χ0v) is 27.5. The number of phenols is 4. The lowest BCUT2D eigenvalue weighted by atomic mass is 9.67. The summed E-state index contributed by atoms with van der Waals surface area (Å²) in [4.78, 5) is 0. The van der Waals surface area contributed by atoms with Gasteiger partial charge in [0.05, 0.1) is 0 Å². The van der Waals surface area contributed by atoms with E-state index >= 15 is 0 Å². The van der Waals surface area contributed by atoms with E-state index in [4.69, 9.17) is 0 Å². The third-order valence-electron chi connectivity index (χ3n) is 8.14. The van der Waals surface area contributed by atoms with Crippen LogP contribution in [-0.2, 0) is 16.2 Å². The minimum absolute atomic E-state index is 0.0792. The van der Waals surface area contributed by atoms with E-state index in [1.807, 2.05) is 48.5 Å². The van der Waals surface area contributed by atoms with E-state index in [1.165, 1.54) is 22.3 Å². The fraction of sp³-hybridized carbons (Fsp3) is 0.385. The number of aromatic hydroxyl groups is 4. The van der Waals surface area contributed by atoms with Gasteiger partial charge in [0, 0.05) is 11.3 Å². The summed E-state index contributed by atoms with van der Waals surface area (Å²) in [5.74, 6) is 1.88. The zero-order chi connectivity index (χ0) is 32.3. The number of benzene rings is 4. The monoisotopic (exact) mass is 582 g/mol. The largest absolute Gasteiger partial charge is 0.508 e. The van der Waals surface area contributed by atoms with Crippen molar-refractivity contribution in [1.29, 1.82) is 0 Å². The molecule has 0 aliphatic heterocycles. The first-order valence-electron chi connectivity index (χ1n) is 15.1. The summed E-state index contributed by atoms with van der Waals surface area (Å²) in [5, 5.41) is 38.8. The van der Waals surface area contributed by atoms with Gasteiger partial charge in [0.15, 0.2) is 0 Å². The summed E-state index contributed by atoms with van der Waals surface area (Å²) in [6.07, 6.45) is 0. The van der Waals surface area contributed by atoms with Gasteiger partial charge < -0.3 is 20.4 Å². The van der Waals surface area contributed by atoms with Crippen LogP contribution in [0, 0.1) is 5.92 Å². The highest BCUT2D eigenvalue weighted by Crippen LogP contribution is 2.44. The van der Waals surface area contributed by atoms with Crippen LogP contribution in [0.3, 0.4) is 0 Å². The highest BCUT2D eigenvalue weighted by atomic mass is 16.3. The Bertz CT molecular complexity index is 1390. The van der Waals surface area contributed by atoms with Crippen molar-refractivity contribution in [2.24, 2.45) is 5.92 Å². The minimum Gasteiger partial charge on any atom is -0.508 e. The predicted octanol–water partition coefficient (Wildman–Crippen LogP) is 9.90. The average Bonchev–Trinajstić information content (AvgIpc) is 2.90. The molecule has 0 atom stereocenters. The van der Waals surface area contributed by atoms with E-state index in [2.05, 4.69) is 69.2 Å². The van der Waals surface area contributed by atoms with Gasteiger partial charge in [-0.2, -0.15) is 0 Å². The summed E-state index contributed by atoms with van der Waals surface area (Å²) in [6.45, 7) is 21.8. The maximum atomic E-state index is 10.0. The van der Waals surface area contributed by atoms with E-state index < -0.39 is 0 Å². The molecule has 43 heavy (non-hydrogen) atoms. The van der Waals surface area contributed by atoms with Gasteiger partial charge >= 0.3 is 0 Å². The molecule has 4 rings (SSSR count). The third kappa shape index (κ3) is 8.13. The second-order valence-electron chi connectivity index (χ2n) is 14.5. The first-order valence-corrected chi connectivity index (χ1v) is 15.1. The predicted molar refractivity (Wildman–Crippen MR) is 179 cm³/mol. The Morgan fingerprint density at radius 1 is 0.419 bits per heavy atom. The molecule has 0 fully saturated rings. The molecule has 0 aliphatic rings. The second-order valence-corrected chi connectivity index (χ2v) is 14.5. The van der Waals surface area contributed by atoms with Gasteiger partial charge in [0.25, 0.3) is 0 Å². The smallest absolute Gasteiger partial charge is 0.115 e. The fourth-order valence-electron chi connectivity index (χ4n) is 5.87. The zero-order valence-electron chi connectivity index (χ0n) is 27.5. The Morgan fingerprint density at radius 2 is 0.721 bits per heavy atom. The van der Waals surface area contributed by atoms with E-state index in [9.17, 15) is 20.4 Å². The molecule has 0 spiro atoms. The molecule has 0 heterocycles. The number of rotatable bonds is 5. The van der Waals surface area contributed by atoms with Crippen LogP contribution >= 0.6 is 0 Å². The van der Waals surface area contributed by atoms with Crippen LogP contribution in [0.4, 0.5) is 0 Å². The van der Waals surface area contributed by atoms with Crippen molar-refractivity contribution in [3.05, 3.63) is 118 Å². The summed E-state index contributed by atoms with van der Waals surface area (Å²) < 4.78 is 0. The Balaban J connectivity index is 0.000000248. The van der Waals surface area contributed by atoms with Crippen LogP contribution in [0.25, 0.3) is 0 Å². The summed E-state index contributed by atoms with van der Waals surface area (Å²) in [6, 6.07) is 26.0. The first-order chi connectivity index (χ1) is 19.8. The van der Waals surface area contributed by atoms with Gasteiger partial charge in [-0.1, -0.05) is 106 Å². The van der Waals surface area contributed by atoms with Crippen molar-refractivity contribution in [3.63, 3.8) is 0 Å². The Kier molecular flexibility index (Phi) is 9.96. The minimum atomic E-state index is -0.257. The molecule has 0 aliphatic carbocycles. The van der Waals surface area contributed by atoms with Crippen molar-refractivity contribution < 1.29 is 20.4 Å². The molecule has 0 saturated carbocycles. The van der Waals surface area contributed by atoms with Crippen LogP contribution in [0.15, 0.2) is 84.9 Å². The molecule has 4 aromatic carbocycles. The van der Waals surface area contributed by atoms with E-state index in [0.717, 1.165) is 11.1 Å². The van der Waals surface area contributed by atoms with Gasteiger partial charge in [0.2, 0.25) is 0 Å². The van der Waals surface area contributed by atoms with Gasteiger partial charge in [-0.3, -0.25) is 0 Å². The molecule has 0 amide bonds. The Hall–Kier alpha value is -3.92. The average molecular weight is 583 g/mol. The summed E-state index contributed by atoms with van der Waals surface area (Å²) in [7, 11) is 0. The molecular formula is C39H50O4. The van der Waals surface area contributed by atoms with Crippen molar-refractivity contribution in [2.45, 2.75) is 91.4 Å². The summed E-state index contributed by atoms with van der Waals surface area (Å²) in [5.41, 5.74) is 6.63. The molecule has 0 unspecified atom stereocenters. The van der Waals surface area contributed by atoms with Gasteiger partial charge in [-0.25, -0.2) is 0 Å². The number of hydrogen-bond acceptors (Lipinski definition) is 4. The maximum absolute atomic E-state index is 10.0. The molecular weight excluding hydrogens is 532 g/mol. The molecule has 0 bridgehead atoms. The SMILES string of the molecule is CC(C)(C)c1cc(O)ccc1C(C)(C)c1ccc(O)cc1C(C)(C)C.CC(C)C(c1ccc(O)cc1)c1ccc(O)cc1. The number of phenolic OH excluding ortho intramolecular Hbond substituents is 4. The van der Waals surface area contributed by atoms with Crippen molar-refractivity contribution in [2.75, 3.05) is 0 Å².